The number of likely N-dealkylation sites (tertiary alicyclic amines) is 1. The van der Waals surface area contributed by atoms with Crippen LogP contribution in [0.4, 0.5) is 0 Å². The summed E-state index contributed by atoms with van der Waals surface area (Å²) in [4.78, 5) is 142. The third-order valence-electron chi connectivity index (χ3n) is 20.9. The lowest BCUT2D eigenvalue weighted by atomic mass is 9.97. The number of carbonyl (C=O) groups excluding carboxylic acids is 11. The van der Waals surface area contributed by atoms with Gasteiger partial charge in [0.2, 0.25) is 65.0 Å². The lowest BCUT2D eigenvalue weighted by Gasteiger charge is -2.42. The van der Waals surface area contributed by atoms with Crippen molar-refractivity contribution in [1.82, 2.24) is 58.1 Å². The molecule has 0 aromatic carbocycles. The van der Waals surface area contributed by atoms with E-state index in [0.717, 1.165) is 32.1 Å². The molecule has 722 valence electrons. The maximum Gasteiger partial charge on any atom is 0.222 e. The molecule has 125 heavy (non-hydrogen) atoms. The molecule has 0 saturated carbocycles. The van der Waals surface area contributed by atoms with Crippen LogP contribution in [0.2, 0.25) is 0 Å². The Kier molecular flexibility index (Phi) is 55.7. The average Bonchev–Trinajstić information content (AvgIpc) is 0.914. The second-order valence-electron chi connectivity index (χ2n) is 31.7. The van der Waals surface area contributed by atoms with E-state index >= 15 is 0 Å². The van der Waals surface area contributed by atoms with E-state index in [9.17, 15) is 108 Å². The molecule has 11 amide bonds. The summed E-state index contributed by atoms with van der Waals surface area (Å²) in [6.07, 6.45) is -6.40. The minimum Gasteiger partial charge on any atom is -0.394 e. The van der Waals surface area contributed by atoms with Gasteiger partial charge in [-0.05, 0) is 77.0 Å². The summed E-state index contributed by atoms with van der Waals surface area (Å²) in [5.74, 6) is -3.98. The molecule has 45 heteroatoms. The van der Waals surface area contributed by atoms with E-state index in [1.807, 2.05) is 0 Å². The number of carbonyl (C=O) groups is 11. The van der Waals surface area contributed by atoms with Crippen molar-refractivity contribution in [2.24, 2.45) is 0 Å². The number of hydrogen-bond acceptors (Lipinski definition) is 33. The van der Waals surface area contributed by atoms with Crippen LogP contribution >= 0.6 is 7.60 Å². The van der Waals surface area contributed by atoms with Gasteiger partial charge in [-0.2, -0.15) is 0 Å². The second-order valence-corrected chi connectivity index (χ2v) is 33.5. The van der Waals surface area contributed by atoms with Crippen LogP contribution in [-0.2, 0) is 109 Å². The summed E-state index contributed by atoms with van der Waals surface area (Å²) in [6, 6.07) is -3.77. The predicted molar refractivity (Wildman–Crippen MR) is 443 cm³/mol. The highest BCUT2D eigenvalue weighted by molar-refractivity contribution is 7.55. The molecule has 4 saturated heterocycles. The van der Waals surface area contributed by atoms with Crippen LogP contribution in [0.1, 0.15) is 188 Å². The highest BCUT2D eigenvalue weighted by Gasteiger charge is 2.48. The van der Waals surface area contributed by atoms with E-state index in [4.69, 9.17) is 51.7 Å². The first kappa shape index (κ1) is 111. The number of aliphatic hydroxyl groups is 10. The Bertz CT molecular complexity index is 2980. The van der Waals surface area contributed by atoms with Gasteiger partial charge < -0.3 is 161 Å². The molecule has 20 N–H and O–H groups in total. The quantitative estimate of drug-likeness (QED) is 0.0156. The lowest BCUT2D eigenvalue weighted by molar-refractivity contribution is -0.270. The number of β-amino-alcohol motifs (C(OH)–C–C–N with tert-alkyl or cyclic N) is 1. The van der Waals surface area contributed by atoms with Gasteiger partial charge in [-0.1, -0.05) is 38.5 Å². The van der Waals surface area contributed by atoms with Crippen molar-refractivity contribution < 1.29 is 160 Å². The van der Waals surface area contributed by atoms with Gasteiger partial charge >= 0.3 is 0 Å². The van der Waals surface area contributed by atoms with Crippen LogP contribution in [0.15, 0.2) is 0 Å². The Balaban J connectivity index is 1.31. The topological polar surface area (TPSA) is 632 Å². The molecule has 0 aromatic heterocycles. The van der Waals surface area contributed by atoms with Crippen LogP contribution in [0.3, 0.4) is 0 Å². The Morgan fingerprint density at radius 3 is 1.01 bits per heavy atom. The van der Waals surface area contributed by atoms with Crippen LogP contribution in [0.25, 0.3) is 0 Å². The molecule has 0 aliphatic carbocycles. The van der Waals surface area contributed by atoms with Crippen molar-refractivity contribution in [1.29, 1.82) is 0 Å². The largest absolute Gasteiger partial charge is 0.394 e. The van der Waals surface area contributed by atoms with Crippen molar-refractivity contribution >= 4 is 72.6 Å². The Hall–Kier alpha value is -6.44. The molecule has 18 atom stereocenters. The third-order valence-corrected chi connectivity index (χ3v) is 22.0. The summed E-state index contributed by atoms with van der Waals surface area (Å²) in [7, 11) is -2.31. The summed E-state index contributed by atoms with van der Waals surface area (Å²) in [5.41, 5.74) is -1.45. The minimum atomic E-state index is -3.53. The molecule has 0 bridgehead atoms. The van der Waals surface area contributed by atoms with Crippen LogP contribution in [0, 0.1) is 6.66 Å². The van der Waals surface area contributed by atoms with E-state index in [-0.39, 0.29) is 211 Å². The summed E-state index contributed by atoms with van der Waals surface area (Å²) >= 11 is 0. The summed E-state index contributed by atoms with van der Waals surface area (Å²) < 4.78 is 74.5. The van der Waals surface area contributed by atoms with Crippen molar-refractivity contribution in [3.63, 3.8) is 0 Å². The van der Waals surface area contributed by atoms with Gasteiger partial charge in [-0.25, -0.2) is 6.66 Å². The van der Waals surface area contributed by atoms with Gasteiger partial charge in [0.25, 0.3) is 0 Å². The molecule has 18 unspecified atom stereocenters. The zero-order valence-electron chi connectivity index (χ0n) is 72.8. The minimum absolute atomic E-state index is 0.0672. The van der Waals surface area contributed by atoms with Gasteiger partial charge in [-0.15, -0.1) is 0 Å². The number of nitrogens with zero attached hydrogens (tertiary/aromatic N) is 1. The van der Waals surface area contributed by atoms with Gasteiger partial charge in [0.1, 0.15) is 78.6 Å². The van der Waals surface area contributed by atoms with E-state index in [2.05, 4.69) is 59.8 Å². The third kappa shape index (κ3) is 45.1. The smallest absolute Gasteiger partial charge is 0.222 e. The molecule has 4 heterocycles. The second kappa shape index (κ2) is 62.7. The van der Waals surface area contributed by atoms with Crippen molar-refractivity contribution in [2.45, 2.75) is 297 Å². The number of nitrogens with one attached hydrogen (secondary N) is 10. The van der Waals surface area contributed by atoms with Crippen LogP contribution < -0.4 is 53.2 Å². The Morgan fingerprint density at radius 2 is 0.696 bits per heavy atom. The highest BCUT2D eigenvalue weighted by Crippen LogP contribution is 2.46. The zero-order valence-corrected chi connectivity index (χ0v) is 73.7. The zero-order chi connectivity index (χ0) is 92.1. The molecule has 0 radical (unpaired) electrons. The standard InChI is InChI=1S/C80H143N11O33P/c1-52(95)87-68-74(110)71(107)57(45-92)122-77(68)118-37-17-14-23-60(99)81-31-20-34-84-63(102)28-40-115-49-80(90-66(105)26-12-10-8-6-7-9-11-13-27-67(106)91-44-56(98)43-55(91)48-121-125(5,113)114-4,50-116-41-29-64(103)85-35-21-32-82-61(100)24-15-18-38-119-78-69(88-53(2)96)75(111)72(108)58(46-93)123-78)51-117-42-30-65(104)86-36-22-33-83-62(101)25-16-19-39-120-79-70(89-54(3)97)76(112)73(109)59(47-94)124-79/h55-59,68-79,92-94,98,107-112H,5-51H2,1-4H3,(H,81,99)(H,82,100)(H,83,101)(H,84,102)(H,85,103)(H,86,104)(H,87,95)(H,88,96)(H,89,97)(H,90,105)/q-1. The molecule has 4 rings (SSSR count). The summed E-state index contributed by atoms with van der Waals surface area (Å²) in [6.45, 7) is 5.59. The first-order valence-corrected chi connectivity index (χ1v) is 45.3. The summed E-state index contributed by atoms with van der Waals surface area (Å²) in [5, 5.41) is 129. The Morgan fingerprint density at radius 1 is 0.400 bits per heavy atom. The molecule has 44 nitrogen and oxygen atoms in total. The number of unbranched alkanes of at least 4 members (excludes halogenated alkanes) is 10. The highest BCUT2D eigenvalue weighted by atomic mass is 31.2. The fourth-order valence-electron chi connectivity index (χ4n) is 14.0. The van der Waals surface area contributed by atoms with Crippen molar-refractivity contribution in [2.75, 3.05) is 139 Å². The van der Waals surface area contributed by atoms with Gasteiger partial charge in [0, 0.05) is 145 Å². The SMILES string of the molecule is [CH2-]P(=O)(OC)OCC1CC(O)CN1C(=O)CCCCCCCCCCC(=O)NC(COCCC(=O)NCCCNC(=O)CCCCOC1OC(CO)C(O)C(O)C1NC(C)=O)(COCCC(=O)NCCCNC(=O)CCCCOC1OC(CO)C(O)C(O)C1NC(C)=O)COCCC(=O)NCCCNC(=O)CCCCOC1OC(CO)C(O)C(O)C1NC(C)=O. The molecule has 4 aliphatic heterocycles. The van der Waals surface area contributed by atoms with Crippen molar-refractivity contribution in [3.05, 3.63) is 6.66 Å². The van der Waals surface area contributed by atoms with E-state index in [1.54, 1.807) is 4.90 Å². The van der Waals surface area contributed by atoms with E-state index in [0.29, 0.717) is 77.0 Å². The maximum absolute atomic E-state index is 14.1. The first-order chi connectivity index (χ1) is 59.8. The van der Waals surface area contributed by atoms with Gasteiger partial charge in [0.15, 0.2) is 26.5 Å². The lowest BCUT2D eigenvalue weighted by Crippen LogP contribution is -2.64. The monoisotopic (exact) mass is 1820 g/mol. The van der Waals surface area contributed by atoms with E-state index < -0.39 is 161 Å². The molecule has 0 aromatic rings. The number of rotatable bonds is 67. The number of ether oxygens (including phenoxy) is 9. The first-order valence-electron chi connectivity index (χ1n) is 43.6. The number of aliphatic hydroxyl groups excluding tert-OH is 10. The van der Waals surface area contributed by atoms with Crippen LogP contribution in [-0.4, -0.2) is 369 Å². The predicted octanol–water partition coefficient (Wildman–Crippen LogP) is -4.17. The average molecular weight is 1820 g/mol. The van der Waals surface area contributed by atoms with E-state index in [1.165, 1.54) is 27.9 Å². The molecule has 0 spiro atoms. The van der Waals surface area contributed by atoms with Crippen LogP contribution in [0.5, 0.6) is 0 Å². The number of hydrogen-bond donors (Lipinski definition) is 20. The van der Waals surface area contributed by atoms with Crippen molar-refractivity contribution in [3.8, 4) is 0 Å². The van der Waals surface area contributed by atoms with Gasteiger partial charge in [-0.3, -0.25) is 57.3 Å². The normalized spacial score (nSPS) is 25.2. The fourth-order valence-corrected chi connectivity index (χ4v) is 14.5. The fraction of sp³-hybridized carbons (Fsp3) is 0.850. The molecule has 4 fully saturated rings. The molecule has 4 aliphatic rings. The Labute approximate surface area is 730 Å². The molecular formula is C80H143N11O33P-. The maximum atomic E-state index is 14.1. The molecular weight excluding hydrogens is 1670 g/mol. The van der Waals surface area contributed by atoms with Gasteiger partial charge in [0.05, 0.1) is 78.2 Å². The number of amides is 11.